The van der Waals surface area contributed by atoms with Crippen molar-refractivity contribution >= 4 is 34.6 Å². The van der Waals surface area contributed by atoms with Gasteiger partial charge in [-0.05, 0) is 34.2 Å². The molecule has 4 rings (SSSR count). The summed E-state index contributed by atoms with van der Waals surface area (Å²) in [6.45, 7) is 7.18. The highest BCUT2D eigenvalue weighted by atomic mass is 35.5. The molecule has 0 saturated carbocycles. The van der Waals surface area contributed by atoms with Crippen LogP contribution in [0, 0.1) is 0 Å². The standard InChI is InChI=1S/C28H28ClN3O/c1-28(2,3)23-14-12-20(13-15-23)16-27(33)31-30-17-22-19-32(26-11-7-5-9-24(22)26)18-21-8-4-6-10-25(21)29/h4-15,17,19H,16,18H2,1-3H3,(H,31,33)/b30-17-. The number of amides is 1. The molecule has 0 radical (unpaired) electrons. The van der Waals surface area contributed by atoms with Crippen molar-refractivity contribution in [2.45, 2.75) is 39.2 Å². The number of rotatable bonds is 6. The highest BCUT2D eigenvalue weighted by molar-refractivity contribution is 6.31. The summed E-state index contributed by atoms with van der Waals surface area (Å²) in [6, 6.07) is 24.2. The summed E-state index contributed by atoms with van der Waals surface area (Å²) in [7, 11) is 0. The molecule has 0 atom stereocenters. The Morgan fingerprint density at radius 3 is 2.42 bits per heavy atom. The van der Waals surface area contributed by atoms with Crippen molar-refractivity contribution in [2.24, 2.45) is 5.10 Å². The largest absolute Gasteiger partial charge is 0.342 e. The molecule has 4 nitrogen and oxygen atoms in total. The van der Waals surface area contributed by atoms with Gasteiger partial charge in [0, 0.05) is 34.2 Å². The molecule has 0 aliphatic heterocycles. The van der Waals surface area contributed by atoms with E-state index in [1.807, 2.05) is 54.7 Å². The average molecular weight is 458 g/mol. The van der Waals surface area contributed by atoms with Gasteiger partial charge in [-0.15, -0.1) is 0 Å². The van der Waals surface area contributed by atoms with Gasteiger partial charge in [-0.25, -0.2) is 5.43 Å². The molecule has 33 heavy (non-hydrogen) atoms. The molecule has 0 spiro atoms. The number of aromatic nitrogens is 1. The molecule has 0 saturated heterocycles. The molecule has 1 amide bonds. The Bertz CT molecular complexity index is 1300. The van der Waals surface area contributed by atoms with Crippen LogP contribution in [0.15, 0.2) is 84.1 Å². The quantitative estimate of drug-likeness (QED) is 0.267. The van der Waals surface area contributed by atoms with E-state index in [2.05, 4.69) is 60.1 Å². The van der Waals surface area contributed by atoms with Gasteiger partial charge >= 0.3 is 0 Å². The van der Waals surface area contributed by atoms with E-state index in [0.29, 0.717) is 6.54 Å². The molecule has 3 aromatic carbocycles. The minimum Gasteiger partial charge on any atom is -0.342 e. The van der Waals surface area contributed by atoms with E-state index in [4.69, 9.17) is 11.6 Å². The lowest BCUT2D eigenvalue weighted by atomic mass is 9.86. The second-order valence-corrected chi connectivity index (χ2v) is 9.64. The van der Waals surface area contributed by atoms with Crippen molar-refractivity contribution in [3.05, 3.63) is 106 Å². The molecule has 0 aliphatic rings. The number of para-hydroxylation sites is 1. The maximum Gasteiger partial charge on any atom is 0.244 e. The lowest BCUT2D eigenvalue weighted by Gasteiger charge is -2.19. The summed E-state index contributed by atoms with van der Waals surface area (Å²) in [6.07, 6.45) is 4.02. The van der Waals surface area contributed by atoms with Crippen molar-refractivity contribution in [2.75, 3.05) is 0 Å². The number of carbonyl (C=O) groups excluding carboxylic acids is 1. The third-order valence-electron chi connectivity index (χ3n) is 5.70. The van der Waals surface area contributed by atoms with Gasteiger partial charge in [-0.1, -0.05) is 93.0 Å². The monoisotopic (exact) mass is 457 g/mol. The smallest absolute Gasteiger partial charge is 0.244 e. The van der Waals surface area contributed by atoms with E-state index in [9.17, 15) is 4.79 Å². The lowest BCUT2D eigenvalue weighted by Crippen LogP contribution is -2.20. The van der Waals surface area contributed by atoms with Crippen molar-refractivity contribution in [3.8, 4) is 0 Å². The first kappa shape index (κ1) is 22.8. The van der Waals surface area contributed by atoms with Crippen LogP contribution >= 0.6 is 11.6 Å². The van der Waals surface area contributed by atoms with E-state index >= 15 is 0 Å². The summed E-state index contributed by atoms with van der Waals surface area (Å²) >= 11 is 6.36. The van der Waals surface area contributed by atoms with Crippen LogP contribution in [-0.2, 0) is 23.2 Å². The fourth-order valence-corrected chi connectivity index (χ4v) is 4.04. The number of hydrazone groups is 1. The number of nitrogens with one attached hydrogen (secondary N) is 1. The second-order valence-electron chi connectivity index (χ2n) is 9.24. The van der Waals surface area contributed by atoms with Crippen molar-refractivity contribution in [3.63, 3.8) is 0 Å². The van der Waals surface area contributed by atoms with Gasteiger partial charge in [0.1, 0.15) is 0 Å². The fourth-order valence-electron chi connectivity index (χ4n) is 3.84. The van der Waals surface area contributed by atoms with Gasteiger partial charge in [0.15, 0.2) is 0 Å². The Labute approximate surface area is 199 Å². The molecule has 1 N–H and O–H groups in total. The SMILES string of the molecule is CC(C)(C)c1ccc(CC(=O)N/N=C\c2cn(Cc3ccccc3Cl)c3ccccc23)cc1. The van der Waals surface area contributed by atoms with E-state index in [0.717, 1.165) is 32.6 Å². The van der Waals surface area contributed by atoms with Crippen molar-refractivity contribution in [1.82, 2.24) is 9.99 Å². The van der Waals surface area contributed by atoms with Crippen LogP contribution in [0.1, 0.15) is 43.0 Å². The first-order valence-corrected chi connectivity index (χ1v) is 11.4. The van der Waals surface area contributed by atoms with E-state index < -0.39 is 0 Å². The minimum atomic E-state index is -0.144. The van der Waals surface area contributed by atoms with E-state index in [1.54, 1.807) is 6.21 Å². The molecule has 0 bridgehead atoms. The number of fused-ring (bicyclic) bond motifs is 1. The molecule has 0 fully saturated rings. The van der Waals surface area contributed by atoms with E-state index in [1.165, 1.54) is 5.56 Å². The van der Waals surface area contributed by atoms with E-state index in [-0.39, 0.29) is 17.7 Å². The zero-order valence-corrected chi connectivity index (χ0v) is 19.9. The van der Waals surface area contributed by atoms with Gasteiger partial charge < -0.3 is 4.57 Å². The molecule has 168 valence electrons. The highest BCUT2D eigenvalue weighted by Gasteiger charge is 2.13. The average Bonchev–Trinajstić information content (AvgIpc) is 3.13. The van der Waals surface area contributed by atoms with Gasteiger partial charge in [-0.2, -0.15) is 5.10 Å². The molecule has 4 aromatic rings. The molecule has 0 aliphatic carbocycles. The van der Waals surface area contributed by atoms with Crippen molar-refractivity contribution in [1.29, 1.82) is 0 Å². The number of hydrogen-bond acceptors (Lipinski definition) is 2. The molecular weight excluding hydrogens is 430 g/mol. The summed E-state index contributed by atoms with van der Waals surface area (Å²) in [5.41, 5.74) is 8.04. The Kier molecular flexibility index (Phi) is 6.66. The Balaban J connectivity index is 1.46. The minimum absolute atomic E-state index is 0.0934. The predicted octanol–water partition coefficient (Wildman–Crippen LogP) is 6.33. The predicted molar refractivity (Wildman–Crippen MR) is 137 cm³/mol. The Morgan fingerprint density at radius 2 is 1.70 bits per heavy atom. The normalized spacial score (nSPS) is 11.9. The zero-order valence-electron chi connectivity index (χ0n) is 19.2. The maximum absolute atomic E-state index is 12.4. The fraction of sp³-hybridized carbons (Fsp3) is 0.214. The molecule has 1 heterocycles. The number of nitrogens with zero attached hydrogens (tertiary/aromatic N) is 2. The molecule has 0 unspecified atom stereocenters. The number of halogens is 1. The van der Waals surface area contributed by atoms with Gasteiger partial charge in [0.05, 0.1) is 12.6 Å². The van der Waals surface area contributed by atoms with Gasteiger partial charge in [0.25, 0.3) is 0 Å². The number of carbonyl (C=O) groups is 1. The van der Waals surface area contributed by atoms with Crippen molar-refractivity contribution < 1.29 is 4.79 Å². The number of benzene rings is 3. The second kappa shape index (κ2) is 9.63. The van der Waals surface area contributed by atoms with Crippen LogP contribution in [0.2, 0.25) is 5.02 Å². The van der Waals surface area contributed by atoms with Gasteiger partial charge in [-0.3, -0.25) is 4.79 Å². The maximum atomic E-state index is 12.4. The summed E-state index contributed by atoms with van der Waals surface area (Å²) < 4.78 is 2.15. The molecule has 1 aromatic heterocycles. The topological polar surface area (TPSA) is 46.4 Å². The number of hydrogen-bond donors (Lipinski definition) is 1. The Hall–Kier alpha value is -3.37. The third kappa shape index (κ3) is 5.52. The molecule has 5 heteroatoms. The van der Waals surface area contributed by atoms with Crippen LogP contribution < -0.4 is 5.43 Å². The summed E-state index contributed by atoms with van der Waals surface area (Å²) in [5.74, 6) is -0.144. The summed E-state index contributed by atoms with van der Waals surface area (Å²) in [4.78, 5) is 12.4. The summed E-state index contributed by atoms with van der Waals surface area (Å²) in [5, 5.41) is 6.03. The Morgan fingerprint density at radius 1 is 1.00 bits per heavy atom. The van der Waals surface area contributed by atoms with Crippen LogP contribution in [-0.4, -0.2) is 16.7 Å². The first-order valence-electron chi connectivity index (χ1n) is 11.0. The van der Waals surface area contributed by atoms with Crippen LogP contribution in [0.3, 0.4) is 0 Å². The third-order valence-corrected chi connectivity index (χ3v) is 6.06. The highest BCUT2D eigenvalue weighted by Crippen LogP contribution is 2.24. The zero-order chi connectivity index (χ0) is 23.4. The van der Waals surface area contributed by atoms with Crippen LogP contribution in [0.4, 0.5) is 0 Å². The van der Waals surface area contributed by atoms with Crippen LogP contribution in [0.5, 0.6) is 0 Å². The first-order chi connectivity index (χ1) is 15.8. The van der Waals surface area contributed by atoms with Gasteiger partial charge in [0.2, 0.25) is 5.91 Å². The van der Waals surface area contributed by atoms with Crippen LogP contribution in [0.25, 0.3) is 10.9 Å². The molecular formula is C28H28ClN3O. The lowest BCUT2D eigenvalue weighted by molar-refractivity contribution is -0.120.